The molecule has 1 saturated heterocycles. The maximum atomic E-state index is 13.1. The van der Waals surface area contributed by atoms with Gasteiger partial charge in [0.05, 0.1) is 11.0 Å². The number of para-hydroxylation sites is 2. The lowest BCUT2D eigenvalue weighted by molar-refractivity contribution is -0.132. The fourth-order valence-corrected chi connectivity index (χ4v) is 4.47. The van der Waals surface area contributed by atoms with Gasteiger partial charge in [-0.15, -0.1) is 0 Å². The van der Waals surface area contributed by atoms with Crippen LogP contribution in [0, 0.1) is 5.92 Å². The summed E-state index contributed by atoms with van der Waals surface area (Å²) in [5.74, 6) is 1.02. The van der Waals surface area contributed by atoms with E-state index in [1.807, 2.05) is 58.0 Å². The van der Waals surface area contributed by atoms with Crippen LogP contribution in [-0.2, 0) is 11.3 Å². The molecule has 5 nitrogen and oxygen atoms in total. The topological polar surface area (TPSA) is 54.3 Å². The fourth-order valence-electron chi connectivity index (χ4n) is 4.47. The Balaban J connectivity index is 1.37. The molecule has 2 aromatic carbocycles. The van der Waals surface area contributed by atoms with Gasteiger partial charge >= 0.3 is 0 Å². The molecular weight excluding hydrogens is 362 g/mol. The number of rotatable bonds is 5. The number of benzene rings is 2. The van der Waals surface area contributed by atoms with Crippen LogP contribution in [0.3, 0.4) is 0 Å². The second-order valence-corrected chi connectivity index (χ2v) is 8.46. The number of pyridine rings is 1. The molecular formula is C24H27N3O2. The normalized spacial score (nSPS) is 17.9. The summed E-state index contributed by atoms with van der Waals surface area (Å²) in [6.45, 7) is 3.00. The number of piperidine rings is 1. The van der Waals surface area contributed by atoms with Crippen molar-refractivity contribution in [2.75, 3.05) is 19.6 Å². The van der Waals surface area contributed by atoms with Crippen LogP contribution >= 0.6 is 0 Å². The summed E-state index contributed by atoms with van der Waals surface area (Å²) in [6.07, 6.45) is 4.77. The average molecular weight is 389 g/mol. The number of nitrogens with zero attached hydrogens (tertiary/aromatic N) is 2. The molecule has 2 aliphatic rings. The minimum atomic E-state index is 0.0300. The van der Waals surface area contributed by atoms with Crippen LogP contribution in [0.25, 0.3) is 21.8 Å². The van der Waals surface area contributed by atoms with E-state index in [4.69, 9.17) is 0 Å². The third kappa shape index (κ3) is 3.67. The van der Waals surface area contributed by atoms with Crippen molar-refractivity contribution in [3.63, 3.8) is 0 Å². The van der Waals surface area contributed by atoms with Crippen molar-refractivity contribution in [3.8, 4) is 0 Å². The Kier molecular flexibility index (Phi) is 4.84. The van der Waals surface area contributed by atoms with Gasteiger partial charge in [-0.05, 0) is 62.4 Å². The largest absolute Gasteiger partial charge is 0.341 e. The first-order chi connectivity index (χ1) is 14.2. The Morgan fingerprint density at radius 2 is 1.48 bits per heavy atom. The van der Waals surface area contributed by atoms with E-state index < -0.39 is 0 Å². The van der Waals surface area contributed by atoms with Gasteiger partial charge in [0.25, 0.3) is 0 Å². The van der Waals surface area contributed by atoms with E-state index in [0.717, 1.165) is 49.4 Å². The van der Waals surface area contributed by atoms with Crippen molar-refractivity contribution >= 4 is 27.7 Å². The van der Waals surface area contributed by atoms with Gasteiger partial charge in [0.15, 0.2) is 5.43 Å². The maximum Gasteiger partial charge on any atom is 0.242 e. The smallest absolute Gasteiger partial charge is 0.242 e. The van der Waals surface area contributed by atoms with Crippen LogP contribution in [0.4, 0.5) is 0 Å². The third-order valence-electron chi connectivity index (χ3n) is 6.41. The lowest BCUT2D eigenvalue weighted by Gasteiger charge is -2.33. The van der Waals surface area contributed by atoms with Gasteiger partial charge in [0.1, 0.15) is 6.54 Å². The van der Waals surface area contributed by atoms with Crippen LogP contribution in [-0.4, -0.2) is 41.1 Å². The molecule has 0 unspecified atom stereocenters. The highest BCUT2D eigenvalue weighted by atomic mass is 16.2. The number of hydrogen-bond acceptors (Lipinski definition) is 3. The summed E-state index contributed by atoms with van der Waals surface area (Å²) in [5, 5.41) is 5.01. The number of likely N-dealkylation sites (tertiary alicyclic amines) is 1. The summed E-state index contributed by atoms with van der Waals surface area (Å²) in [7, 11) is 0. The number of nitrogens with one attached hydrogen (secondary N) is 1. The number of amides is 1. The monoisotopic (exact) mass is 389 g/mol. The third-order valence-corrected chi connectivity index (χ3v) is 6.41. The number of hydrogen-bond donors (Lipinski definition) is 1. The molecule has 0 atom stereocenters. The van der Waals surface area contributed by atoms with Crippen LogP contribution in [0.15, 0.2) is 53.3 Å². The van der Waals surface area contributed by atoms with E-state index >= 15 is 0 Å². The molecule has 0 bridgehead atoms. The van der Waals surface area contributed by atoms with Gasteiger partial charge in [-0.3, -0.25) is 9.59 Å². The molecule has 1 amide bonds. The highest BCUT2D eigenvalue weighted by molar-refractivity contribution is 5.94. The minimum Gasteiger partial charge on any atom is -0.341 e. The predicted molar refractivity (Wildman–Crippen MR) is 116 cm³/mol. The molecule has 2 fully saturated rings. The first-order valence-corrected chi connectivity index (χ1v) is 10.7. The molecule has 5 rings (SSSR count). The maximum absolute atomic E-state index is 13.1. The molecule has 0 radical (unpaired) electrons. The van der Waals surface area contributed by atoms with Crippen molar-refractivity contribution in [3.05, 3.63) is 58.8 Å². The van der Waals surface area contributed by atoms with Crippen LogP contribution in [0.5, 0.6) is 0 Å². The Hall–Kier alpha value is -2.66. The molecule has 1 aromatic heterocycles. The van der Waals surface area contributed by atoms with E-state index in [9.17, 15) is 9.59 Å². The number of carbonyl (C=O) groups excluding carboxylic acids is 1. The zero-order valence-electron chi connectivity index (χ0n) is 16.6. The molecule has 1 N–H and O–H groups in total. The molecule has 29 heavy (non-hydrogen) atoms. The summed E-state index contributed by atoms with van der Waals surface area (Å²) in [6, 6.07) is 15.7. The van der Waals surface area contributed by atoms with E-state index in [1.54, 1.807) is 0 Å². The predicted octanol–water partition coefficient (Wildman–Crippen LogP) is 3.15. The first-order valence-electron chi connectivity index (χ1n) is 10.7. The molecule has 2 heterocycles. The van der Waals surface area contributed by atoms with Gasteiger partial charge in [0.2, 0.25) is 5.91 Å². The second kappa shape index (κ2) is 7.64. The van der Waals surface area contributed by atoms with Crippen LogP contribution in [0.1, 0.15) is 25.7 Å². The van der Waals surface area contributed by atoms with Crippen molar-refractivity contribution < 1.29 is 4.79 Å². The van der Waals surface area contributed by atoms with Crippen molar-refractivity contribution in [2.24, 2.45) is 5.92 Å². The van der Waals surface area contributed by atoms with Gasteiger partial charge in [-0.1, -0.05) is 24.3 Å². The quantitative estimate of drug-likeness (QED) is 0.682. The van der Waals surface area contributed by atoms with E-state index in [1.165, 1.54) is 12.8 Å². The molecule has 1 saturated carbocycles. The minimum absolute atomic E-state index is 0.0300. The zero-order valence-corrected chi connectivity index (χ0v) is 16.6. The molecule has 1 aliphatic heterocycles. The Morgan fingerprint density at radius 1 is 0.897 bits per heavy atom. The van der Waals surface area contributed by atoms with Crippen molar-refractivity contribution in [1.29, 1.82) is 0 Å². The van der Waals surface area contributed by atoms with Crippen molar-refractivity contribution in [2.45, 2.75) is 38.3 Å². The van der Waals surface area contributed by atoms with E-state index in [2.05, 4.69) is 5.32 Å². The van der Waals surface area contributed by atoms with Gasteiger partial charge in [-0.25, -0.2) is 0 Å². The molecule has 1 aliphatic carbocycles. The fraction of sp³-hybridized carbons (Fsp3) is 0.417. The summed E-state index contributed by atoms with van der Waals surface area (Å²) in [5.41, 5.74) is 1.68. The van der Waals surface area contributed by atoms with Crippen LogP contribution in [0.2, 0.25) is 0 Å². The number of aromatic nitrogens is 1. The summed E-state index contributed by atoms with van der Waals surface area (Å²) >= 11 is 0. The number of carbonyl (C=O) groups is 1. The SMILES string of the molecule is O=C(Cn1c2ccccc2c(=O)c2ccccc21)N1CCC(NCC2CC2)CC1. The zero-order chi connectivity index (χ0) is 19.8. The number of fused-ring (bicyclic) bond motifs is 2. The highest BCUT2D eigenvalue weighted by Crippen LogP contribution is 2.28. The van der Waals surface area contributed by atoms with Gasteiger partial charge in [0, 0.05) is 29.9 Å². The second-order valence-electron chi connectivity index (χ2n) is 8.46. The molecule has 5 heteroatoms. The lowest BCUT2D eigenvalue weighted by Crippen LogP contribution is -2.46. The summed E-state index contributed by atoms with van der Waals surface area (Å²) in [4.78, 5) is 28.0. The van der Waals surface area contributed by atoms with Crippen LogP contribution < -0.4 is 10.7 Å². The summed E-state index contributed by atoms with van der Waals surface area (Å²) < 4.78 is 2.01. The lowest BCUT2D eigenvalue weighted by atomic mass is 10.0. The first kappa shape index (κ1) is 18.4. The van der Waals surface area contributed by atoms with Gasteiger partial charge in [-0.2, -0.15) is 0 Å². The molecule has 3 aromatic rings. The Bertz CT molecular complexity index is 1050. The standard InChI is InChI=1S/C24H27N3O2/c28-23(26-13-11-18(12-14-26)25-15-17-9-10-17)16-27-21-7-3-1-5-19(21)24(29)20-6-2-4-8-22(20)27/h1-8,17-18,25H,9-16H2. The van der Waals surface area contributed by atoms with Crippen molar-refractivity contribution in [1.82, 2.24) is 14.8 Å². The van der Waals surface area contributed by atoms with E-state index in [-0.39, 0.29) is 17.9 Å². The van der Waals surface area contributed by atoms with Gasteiger partial charge < -0.3 is 14.8 Å². The highest BCUT2D eigenvalue weighted by Gasteiger charge is 2.26. The average Bonchev–Trinajstić information content (AvgIpc) is 3.60. The van der Waals surface area contributed by atoms with E-state index in [0.29, 0.717) is 16.8 Å². The Labute approximate surface area is 170 Å². The molecule has 150 valence electrons. The molecule has 0 spiro atoms. The Morgan fingerprint density at radius 3 is 2.07 bits per heavy atom.